The van der Waals surface area contributed by atoms with Crippen LogP contribution in [0.1, 0.15) is 0 Å². The van der Waals surface area contributed by atoms with Crippen molar-refractivity contribution in [1.29, 1.82) is 0 Å². The number of fused-ring (bicyclic) bond motifs is 1. The Morgan fingerprint density at radius 1 is 1.33 bits per heavy atom. The third-order valence-corrected chi connectivity index (χ3v) is 2.86. The van der Waals surface area contributed by atoms with E-state index >= 15 is 0 Å². The van der Waals surface area contributed by atoms with Gasteiger partial charge in [0, 0.05) is 5.56 Å². The van der Waals surface area contributed by atoms with E-state index in [4.69, 9.17) is 5.73 Å². The van der Waals surface area contributed by atoms with Gasteiger partial charge >= 0.3 is 0 Å². The maximum absolute atomic E-state index is 5.62. The molecular weight excluding hydrogens is 212 g/mol. The van der Waals surface area contributed by atoms with Crippen LogP contribution < -0.4 is 5.73 Å². The lowest BCUT2D eigenvalue weighted by molar-refractivity contribution is 0.881. The summed E-state index contributed by atoms with van der Waals surface area (Å²) in [6.45, 7) is 0. The summed E-state index contributed by atoms with van der Waals surface area (Å²) in [6, 6.07) is 5.74. The van der Waals surface area contributed by atoms with Gasteiger partial charge in [-0.3, -0.25) is 0 Å². The van der Waals surface area contributed by atoms with E-state index in [-0.39, 0.29) is 0 Å². The van der Waals surface area contributed by atoms with Crippen molar-refractivity contribution in [3.05, 3.63) is 18.2 Å². The second kappa shape index (κ2) is 2.99. The molecule has 0 saturated heterocycles. The predicted octanol–water partition coefficient (Wildman–Crippen LogP) is 1.06. The first kappa shape index (κ1) is 8.30. The highest BCUT2D eigenvalue weighted by molar-refractivity contribution is 7.22. The monoisotopic (exact) mass is 218 g/mol. The number of aromatic nitrogens is 5. The zero-order valence-electron chi connectivity index (χ0n) is 7.51. The van der Waals surface area contributed by atoms with Gasteiger partial charge in [0.2, 0.25) is 5.82 Å². The second-order valence-electron chi connectivity index (χ2n) is 2.97. The van der Waals surface area contributed by atoms with E-state index in [1.54, 1.807) is 0 Å². The molecule has 2 heterocycles. The second-order valence-corrected chi connectivity index (χ2v) is 4.03. The van der Waals surface area contributed by atoms with Gasteiger partial charge in [0.15, 0.2) is 5.13 Å². The lowest BCUT2D eigenvalue weighted by atomic mass is 10.2. The van der Waals surface area contributed by atoms with Crippen molar-refractivity contribution < 1.29 is 0 Å². The molecule has 0 unspecified atom stereocenters. The normalized spacial score (nSPS) is 10.9. The molecule has 0 spiro atoms. The maximum atomic E-state index is 5.62. The molecule has 1 aromatic carbocycles. The summed E-state index contributed by atoms with van der Waals surface area (Å²) >= 11 is 1.44. The molecule has 0 saturated carbocycles. The minimum atomic E-state index is 0.565. The molecule has 2 aromatic heterocycles. The fraction of sp³-hybridized carbons (Fsp3) is 0. The Morgan fingerprint density at radius 3 is 3.07 bits per heavy atom. The summed E-state index contributed by atoms with van der Waals surface area (Å²) in [4.78, 5) is 4.17. The zero-order valence-corrected chi connectivity index (χ0v) is 8.32. The Balaban J connectivity index is 2.21. The molecule has 0 amide bonds. The van der Waals surface area contributed by atoms with Gasteiger partial charge in [0.1, 0.15) is 0 Å². The molecule has 3 aromatic rings. The fourth-order valence-corrected chi connectivity index (χ4v) is 2.14. The highest BCUT2D eigenvalue weighted by Crippen LogP contribution is 2.27. The molecule has 0 aliphatic heterocycles. The Kier molecular flexibility index (Phi) is 1.65. The van der Waals surface area contributed by atoms with E-state index in [0.717, 1.165) is 15.8 Å². The molecule has 3 N–H and O–H groups in total. The summed E-state index contributed by atoms with van der Waals surface area (Å²) in [5, 5.41) is 14.3. The first-order valence-electron chi connectivity index (χ1n) is 4.23. The number of benzene rings is 1. The number of nitrogen functional groups attached to an aromatic ring is 1. The maximum Gasteiger partial charge on any atom is 0.204 e. The Bertz CT molecular complexity index is 599. The Labute approximate surface area is 88.1 Å². The average Bonchev–Trinajstić information content (AvgIpc) is 2.82. The summed E-state index contributed by atoms with van der Waals surface area (Å²) in [6.07, 6.45) is 0. The average molecular weight is 218 g/mol. The number of anilines is 1. The van der Waals surface area contributed by atoms with Crippen LogP contribution in [0.3, 0.4) is 0 Å². The van der Waals surface area contributed by atoms with Crippen LogP contribution in [0.5, 0.6) is 0 Å². The van der Waals surface area contributed by atoms with E-state index in [2.05, 4.69) is 25.6 Å². The third kappa shape index (κ3) is 1.33. The van der Waals surface area contributed by atoms with Crippen LogP contribution in [0.15, 0.2) is 18.2 Å². The van der Waals surface area contributed by atoms with Gasteiger partial charge in [-0.15, -0.1) is 10.2 Å². The van der Waals surface area contributed by atoms with Crippen LogP contribution in [0.4, 0.5) is 5.13 Å². The molecular formula is C8H6N6S. The molecule has 7 heteroatoms. The number of rotatable bonds is 1. The van der Waals surface area contributed by atoms with E-state index in [9.17, 15) is 0 Å². The Hall–Kier alpha value is -2.02. The fourth-order valence-electron chi connectivity index (χ4n) is 1.37. The molecule has 6 nitrogen and oxygen atoms in total. The highest BCUT2D eigenvalue weighted by atomic mass is 32.1. The zero-order chi connectivity index (χ0) is 10.3. The van der Waals surface area contributed by atoms with Gasteiger partial charge in [0.25, 0.3) is 0 Å². The van der Waals surface area contributed by atoms with Crippen LogP contribution in [-0.4, -0.2) is 25.6 Å². The molecule has 15 heavy (non-hydrogen) atoms. The molecule has 0 fully saturated rings. The van der Waals surface area contributed by atoms with Crippen molar-refractivity contribution in [2.24, 2.45) is 0 Å². The lowest BCUT2D eigenvalue weighted by Gasteiger charge is -1.92. The van der Waals surface area contributed by atoms with Crippen LogP contribution in [-0.2, 0) is 0 Å². The van der Waals surface area contributed by atoms with E-state index in [1.807, 2.05) is 18.2 Å². The topological polar surface area (TPSA) is 93.4 Å². The van der Waals surface area contributed by atoms with Gasteiger partial charge in [-0.25, -0.2) is 4.98 Å². The molecule has 0 radical (unpaired) electrons. The standard InChI is InChI=1S/C8H6N6S/c9-8-10-5-2-1-4(3-6(5)15-8)7-11-13-14-12-7/h1-3H,(H2,9,10)(H,11,12,13,14). The van der Waals surface area contributed by atoms with Crippen molar-refractivity contribution in [3.8, 4) is 11.4 Å². The molecule has 74 valence electrons. The van der Waals surface area contributed by atoms with E-state index < -0.39 is 0 Å². The molecule has 0 aliphatic carbocycles. The highest BCUT2D eigenvalue weighted by Gasteiger charge is 2.06. The Morgan fingerprint density at radius 2 is 2.27 bits per heavy atom. The van der Waals surface area contributed by atoms with Gasteiger partial charge in [-0.1, -0.05) is 11.3 Å². The first-order chi connectivity index (χ1) is 7.33. The number of nitrogens with zero attached hydrogens (tertiary/aromatic N) is 4. The number of hydrogen-bond acceptors (Lipinski definition) is 6. The summed E-state index contributed by atoms with van der Waals surface area (Å²) in [5.41, 5.74) is 7.41. The summed E-state index contributed by atoms with van der Waals surface area (Å²) in [7, 11) is 0. The van der Waals surface area contributed by atoms with Crippen molar-refractivity contribution in [2.75, 3.05) is 5.73 Å². The largest absolute Gasteiger partial charge is 0.375 e. The van der Waals surface area contributed by atoms with E-state index in [1.165, 1.54) is 11.3 Å². The van der Waals surface area contributed by atoms with Crippen molar-refractivity contribution in [2.45, 2.75) is 0 Å². The van der Waals surface area contributed by atoms with Gasteiger partial charge in [-0.05, 0) is 23.4 Å². The van der Waals surface area contributed by atoms with Gasteiger partial charge in [-0.2, -0.15) is 5.21 Å². The summed E-state index contributed by atoms with van der Waals surface area (Å²) in [5.74, 6) is 0.573. The van der Waals surface area contributed by atoms with Crippen LogP contribution in [0.2, 0.25) is 0 Å². The van der Waals surface area contributed by atoms with E-state index in [0.29, 0.717) is 11.0 Å². The number of H-pyrrole nitrogens is 1. The van der Waals surface area contributed by atoms with Crippen LogP contribution in [0, 0.1) is 0 Å². The minimum absolute atomic E-state index is 0.565. The quantitative estimate of drug-likeness (QED) is 0.637. The smallest absolute Gasteiger partial charge is 0.204 e. The molecule has 0 aliphatic rings. The number of aromatic amines is 1. The van der Waals surface area contributed by atoms with Crippen LogP contribution >= 0.6 is 11.3 Å². The van der Waals surface area contributed by atoms with Crippen molar-refractivity contribution >= 4 is 26.7 Å². The third-order valence-electron chi connectivity index (χ3n) is 2.01. The number of hydrogen-bond donors (Lipinski definition) is 2. The van der Waals surface area contributed by atoms with Gasteiger partial charge in [0.05, 0.1) is 10.2 Å². The minimum Gasteiger partial charge on any atom is -0.375 e. The number of nitrogens with one attached hydrogen (secondary N) is 1. The SMILES string of the molecule is Nc1nc2ccc(-c3nn[nH]n3)cc2s1. The molecule has 0 atom stereocenters. The number of thiazole rings is 1. The summed E-state index contributed by atoms with van der Waals surface area (Å²) < 4.78 is 1.02. The van der Waals surface area contributed by atoms with Crippen LogP contribution in [0.25, 0.3) is 21.6 Å². The lowest BCUT2D eigenvalue weighted by Crippen LogP contribution is -1.81. The van der Waals surface area contributed by atoms with Crippen molar-refractivity contribution in [1.82, 2.24) is 25.6 Å². The van der Waals surface area contributed by atoms with Gasteiger partial charge < -0.3 is 5.73 Å². The van der Waals surface area contributed by atoms with Crippen molar-refractivity contribution in [3.63, 3.8) is 0 Å². The predicted molar refractivity (Wildman–Crippen MR) is 57.2 cm³/mol. The molecule has 3 rings (SSSR count). The molecule has 0 bridgehead atoms. The first-order valence-corrected chi connectivity index (χ1v) is 5.04. The number of tetrazole rings is 1. The number of nitrogens with two attached hydrogens (primary N) is 1.